The molecule has 2 heterocycles. The molecule has 4 rings (SSSR count). The fourth-order valence-electron chi connectivity index (χ4n) is 5.80. The van der Waals surface area contributed by atoms with Crippen molar-refractivity contribution in [1.82, 2.24) is 15.1 Å². The maximum absolute atomic E-state index is 12.5. The van der Waals surface area contributed by atoms with Crippen LogP contribution in [0.5, 0.6) is 0 Å². The summed E-state index contributed by atoms with van der Waals surface area (Å²) < 4.78 is 23.4. The van der Waals surface area contributed by atoms with Gasteiger partial charge in [0.2, 0.25) is 5.91 Å². The monoisotopic (exact) mass is 447 g/mol. The lowest BCUT2D eigenvalue weighted by Gasteiger charge is -2.39. The van der Waals surface area contributed by atoms with E-state index in [0.717, 1.165) is 32.5 Å². The van der Waals surface area contributed by atoms with Crippen molar-refractivity contribution in [2.75, 3.05) is 44.7 Å². The molecule has 7 heteroatoms. The average Bonchev–Trinajstić information content (AvgIpc) is 3.37. The fraction of sp³-hybridized carbons (Fsp3) is 0.708. The van der Waals surface area contributed by atoms with Crippen molar-refractivity contribution in [3.05, 3.63) is 35.9 Å². The Kier molecular flexibility index (Phi) is 7.04. The summed E-state index contributed by atoms with van der Waals surface area (Å²) in [6.45, 7) is 3.45. The third-order valence-electron chi connectivity index (χ3n) is 7.65. The summed E-state index contributed by atoms with van der Waals surface area (Å²) in [7, 11) is -1.06. The Morgan fingerprint density at radius 2 is 1.81 bits per heavy atom. The van der Waals surface area contributed by atoms with Crippen molar-refractivity contribution in [1.29, 1.82) is 0 Å². The second-order valence-electron chi connectivity index (χ2n) is 9.94. The zero-order valence-electron chi connectivity index (χ0n) is 18.8. The number of nitrogens with zero attached hydrogens (tertiary/aromatic N) is 2. The molecule has 0 aromatic heterocycles. The van der Waals surface area contributed by atoms with E-state index in [2.05, 4.69) is 40.5 Å². The molecule has 1 atom stereocenters. The zero-order valence-corrected chi connectivity index (χ0v) is 19.6. The molecule has 2 aliphatic heterocycles. The topological polar surface area (TPSA) is 69.7 Å². The maximum atomic E-state index is 12.5. The number of rotatable bonds is 7. The Morgan fingerprint density at radius 1 is 1.13 bits per heavy atom. The van der Waals surface area contributed by atoms with E-state index < -0.39 is 9.84 Å². The standard InChI is InChI=1S/C24H37N3O3S/c1-26(22-11-16-31(29,30)18-22)17-23(28)25-21-9-14-27(15-10-21)19-24(12-5-6-13-24)20-7-3-2-4-8-20/h2-4,7-8,21-22H,5-6,9-19H2,1H3,(H,25,28). The van der Waals surface area contributed by atoms with Crippen LogP contribution in [0, 0.1) is 0 Å². The molecule has 1 saturated carbocycles. The van der Waals surface area contributed by atoms with E-state index in [1.807, 2.05) is 11.9 Å². The summed E-state index contributed by atoms with van der Waals surface area (Å²) in [5, 5.41) is 3.19. The van der Waals surface area contributed by atoms with Crippen molar-refractivity contribution in [2.45, 2.75) is 62.4 Å². The quantitative estimate of drug-likeness (QED) is 0.694. The van der Waals surface area contributed by atoms with Crippen LogP contribution in [0.25, 0.3) is 0 Å². The molecule has 31 heavy (non-hydrogen) atoms. The van der Waals surface area contributed by atoms with E-state index in [4.69, 9.17) is 0 Å². The number of sulfone groups is 1. The Labute approximate surface area is 187 Å². The molecule has 6 nitrogen and oxygen atoms in total. The van der Waals surface area contributed by atoms with Gasteiger partial charge in [-0.05, 0) is 44.7 Å². The second-order valence-corrected chi connectivity index (χ2v) is 12.2. The predicted molar refractivity (Wildman–Crippen MR) is 124 cm³/mol. The molecule has 1 unspecified atom stereocenters. The van der Waals surface area contributed by atoms with Gasteiger partial charge in [0.05, 0.1) is 18.1 Å². The third kappa shape index (κ3) is 5.68. The van der Waals surface area contributed by atoms with Gasteiger partial charge in [-0.15, -0.1) is 0 Å². The van der Waals surface area contributed by atoms with E-state index in [1.165, 1.54) is 31.2 Å². The van der Waals surface area contributed by atoms with Gasteiger partial charge in [-0.3, -0.25) is 9.69 Å². The van der Waals surface area contributed by atoms with Crippen LogP contribution in [0.1, 0.15) is 50.5 Å². The molecule has 3 fully saturated rings. The first-order chi connectivity index (χ1) is 14.9. The molecule has 1 aliphatic carbocycles. The molecule has 2 saturated heterocycles. The van der Waals surface area contributed by atoms with Gasteiger partial charge in [-0.1, -0.05) is 43.2 Å². The summed E-state index contributed by atoms with van der Waals surface area (Å²) >= 11 is 0. The highest BCUT2D eigenvalue weighted by Gasteiger charge is 2.38. The largest absolute Gasteiger partial charge is 0.352 e. The Hall–Kier alpha value is -1.44. The molecule has 1 N–H and O–H groups in total. The van der Waals surface area contributed by atoms with Crippen molar-refractivity contribution < 1.29 is 13.2 Å². The SMILES string of the molecule is CN(CC(=O)NC1CCN(CC2(c3ccccc3)CCCC2)CC1)C1CCS(=O)(=O)C1. The average molecular weight is 448 g/mol. The fourth-order valence-corrected chi connectivity index (χ4v) is 7.60. The second kappa shape index (κ2) is 9.59. The first kappa shape index (κ1) is 22.7. The molecular formula is C24H37N3O3S. The summed E-state index contributed by atoms with van der Waals surface area (Å²) in [6, 6.07) is 11.2. The van der Waals surface area contributed by atoms with Crippen LogP contribution in [0.2, 0.25) is 0 Å². The van der Waals surface area contributed by atoms with Crippen molar-refractivity contribution >= 4 is 15.7 Å². The van der Waals surface area contributed by atoms with Crippen LogP contribution < -0.4 is 5.32 Å². The summed E-state index contributed by atoms with van der Waals surface area (Å²) in [5.74, 6) is 0.437. The molecule has 0 spiro atoms. The lowest BCUT2D eigenvalue weighted by Crippen LogP contribution is -2.50. The maximum Gasteiger partial charge on any atom is 0.234 e. The Morgan fingerprint density at radius 3 is 2.42 bits per heavy atom. The number of piperidine rings is 1. The minimum absolute atomic E-state index is 0.0156. The first-order valence-corrected chi connectivity index (χ1v) is 13.7. The molecule has 172 valence electrons. The number of likely N-dealkylation sites (N-methyl/N-ethyl adjacent to an activating group) is 1. The third-order valence-corrected chi connectivity index (χ3v) is 9.40. The Bertz CT molecular complexity index is 844. The Balaban J connectivity index is 1.24. The van der Waals surface area contributed by atoms with Gasteiger partial charge in [0.15, 0.2) is 9.84 Å². The molecule has 3 aliphatic rings. The highest BCUT2D eigenvalue weighted by molar-refractivity contribution is 7.91. The van der Waals surface area contributed by atoms with Gasteiger partial charge in [-0.25, -0.2) is 8.42 Å². The van der Waals surface area contributed by atoms with Gasteiger partial charge < -0.3 is 10.2 Å². The van der Waals surface area contributed by atoms with Crippen LogP contribution in [0.3, 0.4) is 0 Å². The van der Waals surface area contributed by atoms with E-state index >= 15 is 0 Å². The van der Waals surface area contributed by atoms with Gasteiger partial charge in [-0.2, -0.15) is 0 Å². The van der Waals surface area contributed by atoms with E-state index in [-0.39, 0.29) is 36.0 Å². The minimum atomic E-state index is -2.92. The molecular weight excluding hydrogens is 410 g/mol. The van der Waals surface area contributed by atoms with Crippen LogP contribution in [0.15, 0.2) is 30.3 Å². The number of nitrogens with one attached hydrogen (secondary N) is 1. The number of hydrogen-bond acceptors (Lipinski definition) is 5. The van der Waals surface area contributed by atoms with Gasteiger partial charge in [0.1, 0.15) is 0 Å². The number of likely N-dealkylation sites (tertiary alicyclic amines) is 1. The van der Waals surface area contributed by atoms with E-state index in [1.54, 1.807) is 0 Å². The molecule has 0 radical (unpaired) electrons. The summed E-state index contributed by atoms with van der Waals surface area (Å²) in [4.78, 5) is 17.0. The molecule has 1 amide bonds. The van der Waals surface area contributed by atoms with Crippen LogP contribution in [-0.2, 0) is 20.0 Å². The van der Waals surface area contributed by atoms with E-state index in [9.17, 15) is 13.2 Å². The molecule has 1 aromatic carbocycles. The summed E-state index contributed by atoms with van der Waals surface area (Å²) in [6.07, 6.45) is 7.78. The number of carbonyl (C=O) groups excluding carboxylic acids is 1. The van der Waals surface area contributed by atoms with Crippen LogP contribution >= 0.6 is 0 Å². The van der Waals surface area contributed by atoms with Crippen LogP contribution in [0.4, 0.5) is 0 Å². The number of benzene rings is 1. The number of hydrogen-bond donors (Lipinski definition) is 1. The lowest BCUT2D eigenvalue weighted by atomic mass is 9.78. The number of carbonyl (C=O) groups is 1. The van der Waals surface area contributed by atoms with Crippen molar-refractivity contribution in [3.8, 4) is 0 Å². The normalized spacial score (nSPS) is 26.3. The number of amides is 1. The van der Waals surface area contributed by atoms with Gasteiger partial charge in [0.25, 0.3) is 0 Å². The lowest BCUT2D eigenvalue weighted by molar-refractivity contribution is -0.123. The molecule has 0 bridgehead atoms. The van der Waals surface area contributed by atoms with Crippen molar-refractivity contribution in [3.63, 3.8) is 0 Å². The first-order valence-electron chi connectivity index (χ1n) is 11.8. The predicted octanol–water partition coefficient (Wildman–Crippen LogP) is 2.20. The smallest absolute Gasteiger partial charge is 0.234 e. The molecule has 1 aromatic rings. The van der Waals surface area contributed by atoms with Crippen LogP contribution in [-0.4, -0.2) is 80.9 Å². The zero-order chi connectivity index (χ0) is 21.9. The highest BCUT2D eigenvalue weighted by Crippen LogP contribution is 2.42. The van der Waals surface area contributed by atoms with E-state index in [0.29, 0.717) is 11.8 Å². The van der Waals surface area contributed by atoms with Gasteiger partial charge >= 0.3 is 0 Å². The van der Waals surface area contributed by atoms with Crippen molar-refractivity contribution in [2.24, 2.45) is 0 Å². The minimum Gasteiger partial charge on any atom is -0.352 e. The highest BCUT2D eigenvalue weighted by atomic mass is 32.2. The van der Waals surface area contributed by atoms with Gasteiger partial charge in [0, 0.05) is 37.1 Å². The summed E-state index contributed by atoms with van der Waals surface area (Å²) in [5.41, 5.74) is 1.78.